The van der Waals surface area contributed by atoms with Crippen molar-refractivity contribution in [2.45, 2.75) is 33.4 Å². The van der Waals surface area contributed by atoms with Gasteiger partial charge in [-0.15, -0.1) is 0 Å². The fraction of sp³-hybridized carbons (Fsp3) is 0.400. The molecule has 3 aromatic rings. The van der Waals surface area contributed by atoms with Crippen LogP contribution in [0.15, 0.2) is 36.7 Å². The Labute approximate surface area is 196 Å². The molecule has 4 heterocycles. The van der Waals surface area contributed by atoms with Crippen molar-refractivity contribution in [1.82, 2.24) is 15.3 Å². The number of nitrogens with zero attached hydrogens (tertiary/aromatic N) is 4. The highest BCUT2D eigenvalue weighted by molar-refractivity contribution is 6.03. The van der Waals surface area contributed by atoms with Crippen molar-refractivity contribution in [3.8, 4) is 0 Å². The van der Waals surface area contributed by atoms with Crippen LogP contribution in [-0.2, 0) is 9.53 Å². The summed E-state index contributed by atoms with van der Waals surface area (Å²) in [6, 6.07) is 5.75. The van der Waals surface area contributed by atoms with Crippen LogP contribution < -0.4 is 15.1 Å². The Morgan fingerprint density at radius 3 is 2.76 bits per heavy atom. The van der Waals surface area contributed by atoms with E-state index in [0.717, 1.165) is 6.07 Å². The molecule has 0 radical (unpaired) electrons. The standard InChI is InChI=1S/C25H27F2N5O2/c1-15-23(32(17-5-4-6-28-12-17)20-13-34-8-7-29-20)22-18(27)9-16(26)10-19(22)30-24(15)31-14-25(2,3)11-21(31)33/h4-6,9-10,12,20,29H,7-8,11,13-14H2,1-3H3. The first-order valence-corrected chi connectivity index (χ1v) is 11.4. The normalized spacial score (nSPS) is 20.2. The van der Waals surface area contributed by atoms with Crippen LogP contribution in [0.25, 0.3) is 10.9 Å². The lowest BCUT2D eigenvalue weighted by molar-refractivity contribution is -0.117. The van der Waals surface area contributed by atoms with Crippen molar-refractivity contribution in [3.63, 3.8) is 0 Å². The van der Waals surface area contributed by atoms with E-state index in [1.807, 2.05) is 31.7 Å². The van der Waals surface area contributed by atoms with Gasteiger partial charge >= 0.3 is 0 Å². The van der Waals surface area contributed by atoms with Crippen LogP contribution in [0.2, 0.25) is 0 Å². The van der Waals surface area contributed by atoms with Crippen LogP contribution in [0.4, 0.5) is 26.0 Å². The molecule has 0 aliphatic carbocycles. The molecule has 1 amide bonds. The fourth-order valence-corrected chi connectivity index (χ4v) is 4.89. The van der Waals surface area contributed by atoms with Crippen LogP contribution in [0, 0.1) is 24.0 Å². The molecule has 1 aromatic carbocycles. The van der Waals surface area contributed by atoms with Gasteiger partial charge in [0.15, 0.2) is 0 Å². The first-order chi connectivity index (χ1) is 16.2. The molecule has 2 fully saturated rings. The van der Waals surface area contributed by atoms with Gasteiger partial charge in [0.25, 0.3) is 0 Å². The lowest BCUT2D eigenvalue weighted by Gasteiger charge is -2.38. The topological polar surface area (TPSA) is 70.6 Å². The lowest BCUT2D eigenvalue weighted by atomic mass is 9.93. The molecule has 2 saturated heterocycles. The molecule has 0 saturated carbocycles. The number of hydrogen-bond donors (Lipinski definition) is 1. The lowest BCUT2D eigenvalue weighted by Crippen LogP contribution is -2.51. The van der Waals surface area contributed by atoms with Crippen LogP contribution in [0.1, 0.15) is 25.8 Å². The summed E-state index contributed by atoms with van der Waals surface area (Å²) < 4.78 is 35.4. The molecular formula is C25H27F2N5O2. The summed E-state index contributed by atoms with van der Waals surface area (Å²) in [6.45, 7) is 7.87. The van der Waals surface area contributed by atoms with Crippen molar-refractivity contribution in [1.29, 1.82) is 0 Å². The average Bonchev–Trinajstić information content (AvgIpc) is 3.08. The summed E-state index contributed by atoms with van der Waals surface area (Å²) >= 11 is 0. The van der Waals surface area contributed by atoms with E-state index >= 15 is 4.39 Å². The van der Waals surface area contributed by atoms with Crippen molar-refractivity contribution < 1.29 is 18.3 Å². The van der Waals surface area contributed by atoms with Gasteiger partial charge in [-0.1, -0.05) is 13.8 Å². The number of morpholine rings is 1. The van der Waals surface area contributed by atoms with E-state index in [0.29, 0.717) is 55.5 Å². The Morgan fingerprint density at radius 2 is 2.12 bits per heavy atom. The molecule has 9 heteroatoms. The highest BCUT2D eigenvalue weighted by Gasteiger charge is 2.39. The number of aromatic nitrogens is 2. The van der Waals surface area contributed by atoms with E-state index in [2.05, 4.69) is 15.3 Å². The van der Waals surface area contributed by atoms with E-state index in [1.54, 1.807) is 23.4 Å². The predicted octanol–water partition coefficient (Wildman–Crippen LogP) is 4.06. The maximum Gasteiger partial charge on any atom is 0.228 e. The van der Waals surface area contributed by atoms with Crippen LogP contribution in [-0.4, -0.2) is 48.3 Å². The molecular weight excluding hydrogens is 440 g/mol. The van der Waals surface area contributed by atoms with Crippen molar-refractivity contribution >= 4 is 34.0 Å². The number of amides is 1. The zero-order valence-corrected chi connectivity index (χ0v) is 19.4. The predicted molar refractivity (Wildman–Crippen MR) is 126 cm³/mol. The second kappa shape index (κ2) is 8.56. The van der Waals surface area contributed by atoms with Gasteiger partial charge in [0.2, 0.25) is 5.91 Å². The molecule has 0 spiro atoms. The molecule has 1 N–H and O–H groups in total. The van der Waals surface area contributed by atoms with Crippen molar-refractivity contribution in [3.05, 3.63) is 53.9 Å². The maximum absolute atomic E-state index is 15.4. The Kier molecular flexibility index (Phi) is 5.69. The molecule has 1 unspecified atom stereocenters. The van der Waals surface area contributed by atoms with E-state index in [-0.39, 0.29) is 28.4 Å². The number of ether oxygens (including phenoxy) is 1. The molecule has 5 rings (SSSR count). The molecule has 2 aromatic heterocycles. The Balaban J connectivity index is 1.80. The van der Waals surface area contributed by atoms with Gasteiger partial charge in [-0.05, 0) is 24.5 Å². The number of carbonyl (C=O) groups is 1. The Morgan fingerprint density at radius 1 is 1.29 bits per heavy atom. The molecule has 34 heavy (non-hydrogen) atoms. The SMILES string of the molecule is Cc1c(N2CC(C)(C)CC2=O)nc2cc(F)cc(F)c2c1N(c1cccnc1)C1COCCN1. The Bertz CT molecular complexity index is 1250. The van der Waals surface area contributed by atoms with Gasteiger partial charge in [-0.25, -0.2) is 13.8 Å². The number of hydrogen-bond acceptors (Lipinski definition) is 6. The summed E-state index contributed by atoms with van der Waals surface area (Å²) in [5.74, 6) is -1.09. The molecule has 178 valence electrons. The van der Waals surface area contributed by atoms with Crippen molar-refractivity contribution in [2.75, 3.05) is 36.1 Å². The summed E-state index contributed by atoms with van der Waals surface area (Å²) in [5, 5.41) is 3.61. The van der Waals surface area contributed by atoms with Gasteiger partial charge in [-0.3, -0.25) is 20.0 Å². The quantitative estimate of drug-likeness (QED) is 0.624. The summed E-state index contributed by atoms with van der Waals surface area (Å²) in [4.78, 5) is 25.4. The highest BCUT2D eigenvalue weighted by atomic mass is 19.1. The third kappa shape index (κ3) is 3.99. The number of benzene rings is 1. The molecule has 2 aliphatic heterocycles. The van der Waals surface area contributed by atoms with Gasteiger partial charge in [0.05, 0.1) is 41.7 Å². The average molecular weight is 468 g/mol. The fourth-order valence-electron chi connectivity index (χ4n) is 4.89. The van der Waals surface area contributed by atoms with Gasteiger partial charge < -0.3 is 9.64 Å². The molecule has 7 nitrogen and oxygen atoms in total. The third-order valence-electron chi connectivity index (χ3n) is 6.34. The minimum atomic E-state index is -0.724. The van der Waals surface area contributed by atoms with Crippen molar-refractivity contribution in [2.24, 2.45) is 5.41 Å². The number of anilines is 3. The second-order valence-electron chi connectivity index (χ2n) is 9.64. The van der Waals surface area contributed by atoms with E-state index in [1.165, 1.54) is 6.07 Å². The molecule has 0 bridgehead atoms. The maximum atomic E-state index is 15.4. The minimum Gasteiger partial charge on any atom is -0.377 e. The summed E-state index contributed by atoms with van der Waals surface area (Å²) in [7, 11) is 0. The molecule has 2 aliphatic rings. The number of pyridine rings is 2. The zero-order valence-electron chi connectivity index (χ0n) is 19.4. The third-order valence-corrected chi connectivity index (χ3v) is 6.34. The van der Waals surface area contributed by atoms with E-state index in [9.17, 15) is 9.18 Å². The van der Waals surface area contributed by atoms with Gasteiger partial charge in [0, 0.05) is 43.4 Å². The number of nitrogens with one attached hydrogen (secondary N) is 1. The number of halogens is 2. The first-order valence-electron chi connectivity index (χ1n) is 11.4. The largest absolute Gasteiger partial charge is 0.377 e. The number of carbonyl (C=O) groups excluding carboxylic acids is 1. The Hall–Kier alpha value is -3.17. The monoisotopic (exact) mass is 467 g/mol. The van der Waals surface area contributed by atoms with E-state index in [4.69, 9.17) is 4.74 Å². The second-order valence-corrected chi connectivity index (χ2v) is 9.64. The number of fused-ring (bicyclic) bond motifs is 1. The van der Waals surface area contributed by atoms with Gasteiger partial charge in [0.1, 0.15) is 23.6 Å². The van der Waals surface area contributed by atoms with E-state index < -0.39 is 11.6 Å². The van der Waals surface area contributed by atoms with Crippen LogP contribution in [0.3, 0.4) is 0 Å². The molecule has 1 atom stereocenters. The summed E-state index contributed by atoms with van der Waals surface area (Å²) in [6.07, 6.45) is 3.40. The summed E-state index contributed by atoms with van der Waals surface area (Å²) in [5.41, 5.74) is 1.77. The first kappa shape index (κ1) is 22.6. The highest BCUT2D eigenvalue weighted by Crippen LogP contribution is 2.43. The smallest absolute Gasteiger partial charge is 0.228 e. The number of rotatable bonds is 4. The zero-order chi connectivity index (χ0) is 24.0. The van der Waals surface area contributed by atoms with Gasteiger partial charge in [-0.2, -0.15) is 0 Å². The van der Waals surface area contributed by atoms with Crippen LogP contribution in [0.5, 0.6) is 0 Å². The van der Waals surface area contributed by atoms with Crippen LogP contribution >= 0.6 is 0 Å². The minimum absolute atomic E-state index is 0.0603.